The molecular weight excluding hydrogens is 275 g/mol. The van der Waals surface area contributed by atoms with Gasteiger partial charge in [0.15, 0.2) is 16.7 Å². The van der Waals surface area contributed by atoms with Crippen molar-refractivity contribution < 1.29 is 9.50 Å². The molecular formula is C15H23FN2OS. The molecule has 1 rings (SSSR count). The van der Waals surface area contributed by atoms with Crippen LogP contribution in [0.25, 0.3) is 0 Å². The summed E-state index contributed by atoms with van der Waals surface area (Å²) in [5.74, 6) is -1.10. The van der Waals surface area contributed by atoms with Gasteiger partial charge in [0.1, 0.15) is 0 Å². The molecule has 1 aromatic rings. The van der Waals surface area contributed by atoms with E-state index in [2.05, 4.69) is 45.3 Å². The van der Waals surface area contributed by atoms with Crippen molar-refractivity contribution in [2.75, 3.05) is 5.32 Å². The zero-order valence-corrected chi connectivity index (χ0v) is 13.5. The average Bonchev–Trinajstić information content (AvgIpc) is 2.20. The van der Waals surface area contributed by atoms with Crippen LogP contribution in [0.15, 0.2) is 18.2 Å². The molecule has 3 nitrogen and oxygen atoms in total. The first-order valence-electron chi connectivity index (χ1n) is 6.57. The highest BCUT2D eigenvalue weighted by molar-refractivity contribution is 7.80. The summed E-state index contributed by atoms with van der Waals surface area (Å²) in [6, 6.07) is 4.28. The van der Waals surface area contributed by atoms with Gasteiger partial charge >= 0.3 is 0 Å². The van der Waals surface area contributed by atoms with Crippen LogP contribution in [-0.2, 0) is 0 Å². The second-order valence-electron chi connectivity index (χ2n) is 6.84. The molecule has 112 valence electrons. The van der Waals surface area contributed by atoms with E-state index in [9.17, 15) is 9.50 Å². The maximum atomic E-state index is 13.2. The number of halogens is 1. The number of aromatic hydroxyl groups is 1. The van der Waals surface area contributed by atoms with Crippen LogP contribution in [0.4, 0.5) is 10.1 Å². The third kappa shape index (κ3) is 5.33. The smallest absolute Gasteiger partial charge is 0.175 e. The second-order valence-corrected chi connectivity index (χ2v) is 7.24. The van der Waals surface area contributed by atoms with Crippen molar-refractivity contribution in [2.24, 2.45) is 5.41 Å². The highest BCUT2D eigenvalue weighted by atomic mass is 32.1. The highest BCUT2D eigenvalue weighted by Crippen LogP contribution is 2.28. The molecule has 0 heterocycles. The molecule has 0 fully saturated rings. The lowest BCUT2D eigenvalue weighted by Gasteiger charge is -2.34. The van der Waals surface area contributed by atoms with E-state index in [1.54, 1.807) is 6.07 Å². The number of rotatable bonds is 3. The Morgan fingerprint density at radius 2 is 1.85 bits per heavy atom. The van der Waals surface area contributed by atoms with Crippen molar-refractivity contribution in [3.63, 3.8) is 0 Å². The van der Waals surface area contributed by atoms with E-state index in [1.807, 2.05) is 0 Å². The lowest BCUT2D eigenvalue weighted by molar-refractivity contribution is 0.268. The highest BCUT2D eigenvalue weighted by Gasteiger charge is 2.26. The summed E-state index contributed by atoms with van der Waals surface area (Å²) in [6.07, 6.45) is 0.914. The van der Waals surface area contributed by atoms with Crippen molar-refractivity contribution in [1.29, 1.82) is 0 Å². The molecule has 0 bridgehead atoms. The fourth-order valence-electron chi connectivity index (χ4n) is 2.45. The van der Waals surface area contributed by atoms with Crippen molar-refractivity contribution in [1.82, 2.24) is 5.32 Å². The molecule has 0 unspecified atom stereocenters. The summed E-state index contributed by atoms with van der Waals surface area (Å²) in [5, 5.41) is 16.0. The molecule has 0 radical (unpaired) electrons. The summed E-state index contributed by atoms with van der Waals surface area (Å²) in [4.78, 5) is 0. The van der Waals surface area contributed by atoms with Gasteiger partial charge in [0.25, 0.3) is 0 Å². The minimum atomic E-state index is -0.674. The Morgan fingerprint density at radius 1 is 1.25 bits per heavy atom. The molecule has 0 aliphatic heterocycles. The minimum absolute atomic E-state index is 0.160. The summed E-state index contributed by atoms with van der Waals surface area (Å²) < 4.78 is 13.2. The Morgan fingerprint density at radius 3 is 2.40 bits per heavy atom. The zero-order chi connectivity index (χ0) is 15.6. The standard InChI is InChI=1S/C15H23FN2OS/c1-14(2,3)9-15(4,5)18-13(20)17-11-8-6-7-10(16)12(11)19/h6-8,19H,9H2,1-5H3,(H2,17,18,20). The van der Waals surface area contributed by atoms with Crippen molar-refractivity contribution in [2.45, 2.75) is 46.6 Å². The molecule has 0 saturated heterocycles. The van der Waals surface area contributed by atoms with Gasteiger partial charge in [-0.25, -0.2) is 4.39 Å². The molecule has 0 aromatic heterocycles. The van der Waals surface area contributed by atoms with Gasteiger partial charge < -0.3 is 15.7 Å². The molecule has 3 N–H and O–H groups in total. The van der Waals surface area contributed by atoms with Crippen LogP contribution in [0.5, 0.6) is 5.75 Å². The minimum Gasteiger partial charge on any atom is -0.503 e. The van der Waals surface area contributed by atoms with Crippen LogP contribution in [0.1, 0.15) is 41.0 Å². The van der Waals surface area contributed by atoms with Gasteiger partial charge in [-0.05, 0) is 50.0 Å². The number of nitrogens with one attached hydrogen (secondary N) is 2. The van der Waals surface area contributed by atoms with Gasteiger partial charge in [-0.1, -0.05) is 26.8 Å². The summed E-state index contributed by atoms with van der Waals surface area (Å²) >= 11 is 5.22. The normalized spacial score (nSPS) is 12.1. The van der Waals surface area contributed by atoms with E-state index >= 15 is 0 Å². The van der Waals surface area contributed by atoms with Crippen LogP contribution in [0, 0.1) is 11.2 Å². The van der Waals surface area contributed by atoms with E-state index in [4.69, 9.17) is 12.2 Å². The molecule has 0 aliphatic carbocycles. The molecule has 0 saturated carbocycles. The first-order chi connectivity index (χ1) is 9.00. The Hall–Kier alpha value is -1.36. The number of benzene rings is 1. The Kier molecular flexibility index (Phi) is 4.97. The van der Waals surface area contributed by atoms with Crippen LogP contribution in [0.3, 0.4) is 0 Å². The van der Waals surface area contributed by atoms with E-state index in [-0.39, 0.29) is 16.6 Å². The monoisotopic (exact) mass is 298 g/mol. The fraction of sp³-hybridized carbons (Fsp3) is 0.533. The van der Waals surface area contributed by atoms with E-state index < -0.39 is 11.6 Å². The van der Waals surface area contributed by atoms with Gasteiger partial charge in [0.2, 0.25) is 0 Å². The SMILES string of the molecule is CC(C)(C)CC(C)(C)NC(=S)Nc1cccc(F)c1O. The lowest BCUT2D eigenvalue weighted by atomic mass is 9.82. The quantitative estimate of drug-likeness (QED) is 0.582. The molecule has 0 amide bonds. The number of phenolic OH excluding ortho intramolecular Hbond substituents is 1. The summed E-state index contributed by atoms with van der Waals surface area (Å²) in [7, 11) is 0. The summed E-state index contributed by atoms with van der Waals surface area (Å²) in [5.41, 5.74) is 0.215. The maximum Gasteiger partial charge on any atom is 0.175 e. The van der Waals surface area contributed by atoms with Gasteiger partial charge in [0, 0.05) is 5.54 Å². The second kappa shape index (κ2) is 5.95. The van der Waals surface area contributed by atoms with Crippen molar-refractivity contribution >= 4 is 23.0 Å². The lowest BCUT2D eigenvalue weighted by Crippen LogP contribution is -2.47. The van der Waals surface area contributed by atoms with Crippen LogP contribution in [-0.4, -0.2) is 15.8 Å². The summed E-state index contributed by atoms with van der Waals surface area (Å²) in [6.45, 7) is 10.6. The number of thiocarbonyl (C=S) groups is 1. The number of para-hydroxylation sites is 1. The average molecular weight is 298 g/mol. The first-order valence-corrected chi connectivity index (χ1v) is 6.98. The molecule has 0 aliphatic rings. The van der Waals surface area contributed by atoms with Gasteiger partial charge in [-0.3, -0.25) is 0 Å². The van der Waals surface area contributed by atoms with Crippen LogP contribution in [0.2, 0.25) is 0 Å². The van der Waals surface area contributed by atoms with Crippen LogP contribution < -0.4 is 10.6 Å². The number of anilines is 1. The third-order valence-corrected chi connectivity index (χ3v) is 2.86. The Balaban J connectivity index is 2.70. The number of hydrogen-bond donors (Lipinski definition) is 3. The number of hydrogen-bond acceptors (Lipinski definition) is 2. The van der Waals surface area contributed by atoms with Crippen molar-refractivity contribution in [3.8, 4) is 5.75 Å². The molecule has 1 aromatic carbocycles. The van der Waals surface area contributed by atoms with E-state index in [1.165, 1.54) is 12.1 Å². The predicted octanol–water partition coefficient (Wildman–Crippen LogP) is 4.03. The molecule has 5 heteroatoms. The molecule has 0 atom stereocenters. The number of phenols is 1. The Labute approximate surface area is 125 Å². The van der Waals surface area contributed by atoms with Gasteiger partial charge in [0.05, 0.1) is 5.69 Å². The topological polar surface area (TPSA) is 44.3 Å². The van der Waals surface area contributed by atoms with Crippen LogP contribution >= 0.6 is 12.2 Å². The van der Waals surface area contributed by atoms with E-state index in [0.29, 0.717) is 5.11 Å². The molecule has 0 spiro atoms. The third-order valence-electron chi connectivity index (χ3n) is 2.66. The van der Waals surface area contributed by atoms with E-state index in [0.717, 1.165) is 6.42 Å². The Bertz CT molecular complexity index is 495. The predicted molar refractivity (Wildman–Crippen MR) is 85.6 cm³/mol. The maximum absolute atomic E-state index is 13.2. The van der Waals surface area contributed by atoms with Crippen molar-refractivity contribution in [3.05, 3.63) is 24.0 Å². The first kappa shape index (κ1) is 16.7. The largest absolute Gasteiger partial charge is 0.503 e. The van der Waals surface area contributed by atoms with Gasteiger partial charge in [-0.2, -0.15) is 0 Å². The van der Waals surface area contributed by atoms with Gasteiger partial charge in [-0.15, -0.1) is 0 Å². The molecule has 20 heavy (non-hydrogen) atoms. The zero-order valence-electron chi connectivity index (χ0n) is 12.7. The fourth-order valence-corrected chi connectivity index (χ4v) is 2.83.